The van der Waals surface area contributed by atoms with Gasteiger partial charge >= 0.3 is 5.97 Å². The van der Waals surface area contributed by atoms with Gasteiger partial charge in [0.15, 0.2) is 12.4 Å². The largest absolute Gasteiger partial charge is 0.479 e. The molecule has 3 aliphatic carbocycles. The molecule has 0 aromatic rings. The third-order valence-corrected chi connectivity index (χ3v) is 10.9. The van der Waals surface area contributed by atoms with Gasteiger partial charge in [-0.05, 0) is 94.0 Å². The molecule has 5 N–H and O–H groups in total. The van der Waals surface area contributed by atoms with E-state index in [0.29, 0.717) is 24.2 Å². The number of hydrogen-bond acceptors (Lipinski definition) is 7. The second-order valence-electron chi connectivity index (χ2n) is 14.0. The van der Waals surface area contributed by atoms with Crippen LogP contribution in [0.1, 0.15) is 86.0 Å². The molecule has 8 nitrogen and oxygen atoms in total. The van der Waals surface area contributed by atoms with E-state index < -0.39 is 42.3 Å². The lowest BCUT2D eigenvalue weighted by atomic mass is 9.61. The fraction of sp³-hybridized carbons (Fsp3) is 0.735. The Balaban J connectivity index is 1.41. The third kappa shape index (κ3) is 6.79. The number of carboxylic acid groups (broad SMARTS) is 1. The average molecular weight is 589 g/mol. The zero-order valence-electron chi connectivity index (χ0n) is 25.9. The standard InChI is InChI=1S/C34H52O8/c1-19-10-14-24(35)18-23(19)13-12-22-8-7-17-34(6)25(15-16-26(22)34)20(2)9-11-21(3)33(4,5)42-32-29(38)27(36)28(37)30(41-32)31(39)40/h9,11-13,20-21,24-30,32,35-38H,1,7-8,10,14-18H2,2-6H3,(H,39,40). The summed E-state index contributed by atoms with van der Waals surface area (Å²) in [4.78, 5) is 11.5. The van der Waals surface area contributed by atoms with Gasteiger partial charge in [0.25, 0.3) is 0 Å². The van der Waals surface area contributed by atoms with Crippen LogP contribution in [0.4, 0.5) is 0 Å². The molecular formula is C34H52O8. The van der Waals surface area contributed by atoms with Crippen LogP contribution in [0.3, 0.4) is 0 Å². The smallest absolute Gasteiger partial charge is 0.335 e. The summed E-state index contributed by atoms with van der Waals surface area (Å²) < 4.78 is 11.4. The van der Waals surface area contributed by atoms with E-state index in [1.54, 1.807) is 0 Å². The minimum Gasteiger partial charge on any atom is -0.479 e. The van der Waals surface area contributed by atoms with E-state index in [0.717, 1.165) is 24.8 Å². The summed E-state index contributed by atoms with van der Waals surface area (Å²) in [6, 6.07) is 0. The summed E-state index contributed by atoms with van der Waals surface area (Å²) >= 11 is 0. The van der Waals surface area contributed by atoms with Crippen molar-refractivity contribution in [1.82, 2.24) is 0 Å². The zero-order valence-corrected chi connectivity index (χ0v) is 25.9. The lowest BCUT2D eigenvalue weighted by Crippen LogP contribution is -2.61. The Labute approximate surface area is 250 Å². The lowest BCUT2D eigenvalue weighted by Gasteiger charge is -2.44. The van der Waals surface area contributed by atoms with Crippen LogP contribution >= 0.6 is 0 Å². The first-order chi connectivity index (χ1) is 19.7. The van der Waals surface area contributed by atoms with Crippen molar-refractivity contribution < 1.29 is 39.8 Å². The molecule has 0 spiro atoms. The summed E-state index contributed by atoms with van der Waals surface area (Å²) in [5.74, 6) is -0.110. The fourth-order valence-corrected chi connectivity index (χ4v) is 7.80. The van der Waals surface area contributed by atoms with Gasteiger partial charge in [-0.15, -0.1) is 0 Å². The second-order valence-corrected chi connectivity index (χ2v) is 14.0. The molecule has 1 heterocycles. The van der Waals surface area contributed by atoms with Crippen LogP contribution in [0.2, 0.25) is 0 Å². The van der Waals surface area contributed by atoms with E-state index in [4.69, 9.17) is 9.47 Å². The Morgan fingerprint density at radius 2 is 1.76 bits per heavy atom. The van der Waals surface area contributed by atoms with Gasteiger partial charge in [-0.25, -0.2) is 4.79 Å². The van der Waals surface area contributed by atoms with Gasteiger partial charge in [0.2, 0.25) is 0 Å². The van der Waals surface area contributed by atoms with Crippen molar-refractivity contribution in [2.45, 2.75) is 128 Å². The highest BCUT2D eigenvalue weighted by molar-refractivity contribution is 5.73. The molecule has 1 saturated heterocycles. The van der Waals surface area contributed by atoms with Crippen LogP contribution in [0.15, 0.2) is 47.6 Å². The van der Waals surface area contributed by atoms with E-state index in [1.165, 1.54) is 36.8 Å². The van der Waals surface area contributed by atoms with Crippen LogP contribution < -0.4 is 0 Å². The number of aliphatic carboxylic acids is 1. The van der Waals surface area contributed by atoms with Crippen molar-refractivity contribution in [3.8, 4) is 0 Å². The fourth-order valence-electron chi connectivity index (χ4n) is 7.80. The van der Waals surface area contributed by atoms with E-state index in [2.05, 4.69) is 44.7 Å². The lowest BCUT2D eigenvalue weighted by molar-refractivity contribution is -0.319. The second kappa shape index (κ2) is 13.0. The molecule has 11 atom stereocenters. The molecule has 42 heavy (non-hydrogen) atoms. The minimum atomic E-state index is -1.75. The SMILES string of the molecule is C=C1CCC(O)CC1=CC=C1CCCC2(C)C1CCC2C(C)C=CC(C)C(C)(C)OC1OC(C(=O)O)C(O)C(O)C1O. The Morgan fingerprint density at radius 1 is 1.05 bits per heavy atom. The molecule has 8 heteroatoms. The number of carboxylic acids is 1. The molecule has 11 unspecified atom stereocenters. The van der Waals surface area contributed by atoms with Gasteiger partial charge in [0.1, 0.15) is 18.3 Å². The van der Waals surface area contributed by atoms with Crippen LogP contribution in [0, 0.1) is 29.1 Å². The maximum Gasteiger partial charge on any atom is 0.335 e. The summed E-state index contributed by atoms with van der Waals surface area (Å²) in [7, 11) is 0. The van der Waals surface area contributed by atoms with E-state index >= 15 is 0 Å². The van der Waals surface area contributed by atoms with Gasteiger partial charge < -0.3 is 35.0 Å². The normalized spacial score (nSPS) is 41.3. The topological polar surface area (TPSA) is 137 Å². The highest BCUT2D eigenvalue weighted by Crippen LogP contribution is 2.59. The number of aliphatic hydroxyl groups is 4. The Morgan fingerprint density at radius 3 is 2.45 bits per heavy atom. The minimum absolute atomic E-state index is 0.111. The number of aliphatic hydroxyl groups excluding tert-OH is 4. The van der Waals surface area contributed by atoms with Crippen LogP contribution in [0.25, 0.3) is 0 Å². The first kappa shape index (κ1) is 33.1. The van der Waals surface area contributed by atoms with Crippen molar-refractivity contribution >= 4 is 5.97 Å². The van der Waals surface area contributed by atoms with Crippen molar-refractivity contribution in [3.05, 3.63) is 47.6 Å². The molecule has 0 bridgehead atoms. The van der Waals surface area contributed by atoms with Crippen LogP contribution in [-0.2, 0) is 14.3 Å². The van der Waals surface area contributed by atoms with Crippen molar-refractivity contribution in [2.24, 2.45) is 29.1 Å². The van der Waals surface area contributed by atoms with E-state index in [9.17, 15) is 30.3 Å². The molecule has 236 valence electrons. The predicted molar refractivity (Wildman–Crippen MR) is 160 cm³/mol. The molecule has 4 fully saturated rings. The number of fused-ring (bicyclic) bond motifs is 1. The average Bonchev–Trinajstić information content (AvgIpc) is 3.29. The van der Waals surface area contributed by atoms with Gasteiger partial charge in [-0.3, -0.25) is 0 Å². The molecule has 0 aromatic heterocycles. The quantitative estimate of drug-likeness (QED) is 0.258. The number of hydrogen-bond donors (Lipinski definition) is 5. The first-order valence-electron chi connectivity index (χ1n) is 15.7. The molecule has 4 aliphatic rings. The molecule has 1 aliphatic heterocycles. The molecule has 0 aromatic carbocycles. The van der Waals surface area contributed by atoms with Crippen LogP contribution in [-0.4, -0.2) is 73.9 Å². The van der Waals surface area contributed by atoms with Crippen molar-refractivity contribution in [1.29, 1.82) is 0 Å². The molecule has 0 amide bonds. The van der Waals surface area contributed by atoms with E-state index in [-0.39, 0.29) is 17.4 Å². The number of rotatable bonds is 8. The monoisotopic (exact) mass is 588 g/mol. The van der Waals surface area contributed by atoms with E-state index in [1.807, 2.05) is 20.8 Å². The highest BCUT2D eigenvalue weighted by atomic mass is 16.7. The maximum atomic E-state index is 11.5. The Bertz CT molecular complexity index is 1090. The summed E-state index contributed by atoms with van der Waals surface area (Å²) in [6.07, 6.45) is 8.80. The molecule has 3 saturated carbocycles. The number of carbonyl (C=O) groups is 1. The Kier molecular flexibility index (Phi) is 10.3. The van der Waals surface area contributed by atoms with Gasteiger partial charge in [-0.1, -0.05) is 62.8 Å². The zero-order chi connectivity index (χ0) is 31.0. The van der Waals surface area contributed by atoms with Crippen molar-refractivity contribution in [2.75, 3.05) is 0 Å². The molecular weight excluding hydrogens is 536 g/mol. The maximum absolute atomic E-state index is 11.5. The van der Waals surface area contributed by atoms with Gasteiger partial charge in [0.05, 0.1) is 11.7 Å². The van der Waals surface area contributed by atoms with Crippen LogP contribution in [0.5, 0.6) is 0 Å². The number of allylic oxidation sites excluding steroid dienone is 5. The van der Waals surface area contributed by atoms with Crippen molar-refractivity contribution in [3.63, 3.8) is 0 Å². The molecule has 4 rings (SSSR count). The summed E-state index contributed by atoms with van der Waals surface area (Å²) in [5.41, 5.74) is 3.24. The summed E-state index contributed by atoms with van der Waals surface area (Å²) in [5, 5.41) is 50.1. The van der Waals surface area contributed by atoms with Gasteiger partial charge in [-0.2, -0.15) is 0 Å². The summed E-state index contributed by atoms with van der Waals surface area (Å²) in [6.45, 7) is 14.7. The predicted octanol–water partition coefficient (Wildman–Crippen LogP) is 4.67. The van der Waals surface area contributed by atoms with Gasteiger partial charge in [0, 0.05) is 5.92 Å². The molecule has 0 radical (unpaired) electrons. The number of ether oxygens (including phenoxy) is 2. The highest BCUT2D eigenvalue weighted by Gasteiger charge is 2.51. The first-order valence-corrected chi connectivity index (χ1v) is 15.7. The Hall–Kier alpha value is -1.81. The third-order valence-electron chi connectivity index (χ3n) is 10.9.